The zero-order valence-corrected chi connectivity index (χ0v) is 13.0. The standard InChI is InChI=1S/C14H18F2N2O3S/c1-10(9-18-7-3-6-13(18)19)8-17-22(20,21)12-5-2-4-11(15)14(12)16/h2,4-5,10,17H,3,6-9H2,1H3/t10-/m1/s1. The van der Waals surface area contributed by atoms with Crippen molar-refractivity contribution >= 4 is 15.9 Å². The predicted molar refractivity (Wildman–Crippen MR) is 76.5 cm³/mol. The minimum absolute atomic E-state index is 0.0437. The van der Waals surface area contributed by atoms with Crippen molar-refractivity contribution in [2.75, 3.05) is 19.6 Å². The molecule has 1 fully saturated rings. The van der Waals surface area contributed by atoms with Gasteiger partial charge in [-0.3, -0.25) is 4.79 Å². The summed E-state index contributed by atoms with van der Waals surface area (Å²) in [6.45, 7) is 2.94. The van der Waals surface area contributed by atoms with Crippen molar-refractivity contribution in [3.05, 3.63) is 29.8 Å². The fourth-order valence-corrected chi connectivity index (χ4v) is 3.61. The van der Waals surface area contributed by atoms with Gasteiger partial charge in [0.15, 0.2) is 11.6 Å². The minimum Gasteiger partial charge on any atom is -0.342 e. The molecule has 0 spiro atoms. The molecule has 0 saturated carbocycles. The van der Waals surface area contributed by atoms with E-state index in [0.717, 1.165) is 24.6 Å². The SMILES string of the molecule is C[C@H](CNS(=O)(=O)c1cccc(F)c1F)CN1CCCC1=O. The number of benzene rings is 1. The molecule has 5 nitrogen and oxygen atoms in total. The number of nitrogens with one attached hydrogen (secondary N) is 1. The Bertz CT molecular complexity index is 664. The number of carbonyl (C=O) groups excluding carboxylic acids is 1. The van der Waals surface area contributed by atoms with Crippen LogP contribution in [0.15, 0.2) is 23.1 Å². The second-order valence-corrected chi connectivity index (χ2v) is 7.19. The van der Waals surface area contributed by atoms with Crippen molar-refractivity contribution in [3.63, 3.8) is 0 Å². The van der Waals surface area contributed by atoms with Gasteiger partial charge < -0.3 is 4.90 Å². The van der Waals surface area contributed by atoms with Crippen molar-refractivity contribution in [2.24, 2.45) is 5.92 Å². The average molecular weight is 332 g/mol. The third-order valence-corrected chi connectivity index (χ3v) is 4.97. The summed E-state index contributed by atoms with van der Waals surface area (Å²) in [4.78, 5) is 12.5. The van der Waals surface area contributed by atoms with Gasteiger partial charge in [-0.15, -0.1) is 0 Å². The first-order chi connectivity index (χ1) is 10.3. The highest BCUT2D eigenvalue weighted by Crippen LogP contribution is 2.17. The lowest BCUT2D eigenvalue weighted by Crippen LogP contribution is -2.36. The first kappa shape index (κ1) is 16.8. The van der Waals surface area contributed by atoms with Crippen molar-refractivity contribution in [1.29, 1.82) is 0 Å². The summed E-state index contributed by atoms with van der Waals surface area (Å²) < 4.78 is 52.9. The van der Waals surface area contributed by atoms with Gasteiger partial charge >= 0.3 is 0 Å². The van der Waals surface area contributed by atoms with Crippen molar-refractivity contribution < 1.29 is 22.0 Å². The van der Waals surface area contributed by atoms with Gasteiger partial charge in [-0.05, 0) is 24.5 Å². The van der Waals surface area contributed by atoms with E-state index >= 15 is 0 Å². The quantitative estimate of drug-likeness (QED) is 0.858. The van der Waals surface area contributed by atoms with E-state index in [-0.39, 0.29) is 18.4 Å². The van der Waals surface area contributed by atoms with Crippen LogP contribution in [0, 0.1) is 17.6 Å². The van der Waals surface area contributed by atoms with Crippen molar-refractivity contribution in [2.45, 2.75) is 24.7 Å². The van der Waals surface area contributed by atoms with Gasteiger partial charge in [-0.25, -0.2) is 21.9 Å². The summed E-state index contributed by atoms with van der Waals surface area (Å²) in [7, 11) is -4.12. The minimum atomic E-state index is -4.12. The highest BCUT2D eigenvalue weighted by molar-refractivity contribution is 7.89. The van der Waals surface area contributed by atoms with E-state index in [4.69, 9.17) is 0 Å². The topological polar surface area (TPSA) is 66.5 Å². The molecule has 1 N–H and O–H groups in total. The first-order valence-electron chi connectivity index (χ1n) is 7.02. The molecule has 22 heavy (non-hydrogen) atoms. The Labute approximate surface area is 128 Å². The fourth-order valence-electron chi connectivity index (χ4n) is 2.36. The Kier molecular flexibility index (Phi) is 5.12. The molecule has 0 radical (unpaired) electrons. The molecular weight excluding hydrogens is 314 g/mol. The molecule has 1 saturated heterocycles. The van der Waals surface area contributed by atoms with E-state index < -0.39 is 26.6 Å². The lowest BCUT2D eigenvalue weighted by atomic mass is 10.2. The normalized spacial score (nSPS) is 17.0. The maximum Gasteiger partial charge on any atom is 0.243 e. The Morgan fingerprint density at radius 3 is 2.73 bits per heavy atom. The van der Waals surface area contributed by atoms with E-state index in [1.165, 1.54) is 0 Å². The molecule has 1 atom stereocenters. The summed E-state index contributed by atoms with van der Waals surface area (Å²) >= 11 is 0. The third kappa shape index (κ3) is 3.80. The molecule has 1 aromatic carbocycles. The van der Waals surface area contributed by atoms with Gasteiger partial charge in [0.05, 0.1) is 0 Å². The molecule has 1 aliphatic rings. The molecule has 1 aromatic rings. The molecular formula is C14H18F2N2O3S. The summed E-state index contributed by atoms with van der Waals surface area (Å²) in [6.07, 6.45) is 1.33. The Morgan fingerprint density at radius 1 is 1.36 bits per heavy atom. The third-order valence-electron chi connectivity index (χ3n) is 3.53. The molecule has 0 aromatic heterocycles. The van der Waals surface area contributed by atoms with Crippen molar-refractivity contribution in [1.82, 2.24) is 9.62 Å². The zero-order chi connectivity index (χ0) is 16.3. The summed E-state index contributed by atoms with van der Waals surface area (Å²) in [5.74, 6) is -2.67. The largest absolute Gasteiger partial charge is 0.342 e. The van der Waals surface area contributed by atoms with E-state index in [2.05, 4.69) is 4.72 Å². The number of carbonyl (C=O) groups is 1. The fraction of sp³-hybridized carbons (Fsp3) is 0.500. The van der Waals surface area contributed by atoms with Crippen LogP contribution in [0.3, 0.4) is 0 Å². The second-order valence-electron chi connectivity index (χ2n) is 5.45. The van der Waals surface area contributed by atoms with Crippen LogP contribution >= 0.6 is 0 Å². The predicted octanol–water partition coefficient (Wildman–Crippen LogP) is 1.50. The van der Waals surface area contributed by atoms with Gasteiger partial charge in [-0.2, -0.15) is 0 Å². The number of nitrogens with zero attached hydrogens (tertiary/aromatic N) is 1. The van der Waals surface area contributed by atoms with E-state index in [1.54, 1.807) is 11.8 Å². The number of rotatable bonds is 6. The first-order valence-corrected chi connectivity index (χ1v) is 8.51. The Morgan fingerprint density at radius 2 is 2.09 bits per heavy atom. The maximum atomic E-state index is 13.6. The van der Waals surface area contributed by atoms with Gasteiger partial charge in [0.1, 0.15) is 4.90 Å². The van der Waals surface area contributed by atoms with Crippen molar-refractivity contribution in [3.8, 4) is 0 Å². The smallest absolute Gasteiger partial charge is 0.243 e. The number of likely N-dealkylation sites (tertiary alicyclic amines) is 1. The lowest BCUT2D eigenvalue weighted by molar-refractivity contribution is -0.128. The molecule has 8 heteroatoms. The number of sulfonamides is 1. The van der Waals surface area contributed by atoms with E-state index in [9.17, 15) is 22.0 Å². The van der Waals surface area contributed by atoms with Crippen LogP contribution in [0.5, 0.6) is 0 Å². The zero-order valence-electron chi connectivity index (χ0n) is 12.2. The number of hydrogen-bond donors (Lipinski definition) is 1. The monoisotopic (exact) mass is 332 g/mol. The van der Waals surface area contributed by atoms with Crippen LogP contribution in [-0.4, -0.2) is 38.9 Å². The van der Waals surface area contributed by atoms with E-state index in [1.807, 2.05) is 0 Å². The van der Waals surface area contributed by atoms with E-state index in [0.29, 0.717) is 19.5 Å². The van der Waals surface area contributed by atoms with Crippen LogP contribution < -0.4 is 4.72 Å². The Balaban J connectivity index is 1.97. The molecule has 0 bridgehead atoms. The molecule has 2 rings (SSSR count). The number of amides is 1. The van der Waals surface area contributed by atoms with Gasteiger partial charge in [0, 0.05) is 26.1 Å². The van der Waals surface area contributed by atoms with Crippen LogP contribution in [0.4, 0.5) is 8.78 Å². The summed E-state index contributed by atoms with van der Waals surface area (Å²) in [5.41, 5.74) is 0. The van der Waals surface area contributed by atoms with Crippen LogP contribution in [0.2, 0.25) is 0 Å². The molecule has 1 amide bonds. The molecule has 1 aliphatic heterocycles. The molecule has 1 heterocycles. The maximum absolute atomic E-state index is 13.6. The summed E-state index contributed by atoms with van der Waals surface area (Å²) in [5, 5.41) is 0. The average Bonchev–Trinajstić information content (AvgIpc) is 2.85. The Hall–Kier alpha value is -1.54. The van der Waals surface area contributed by atoms with Gasteiger partial charge in [-0.1, -0.05) is 13.0 Å². The highest BCUT2D eigenvalue weighted by atomic mass is 32.2. The summed E-state index contributed by atoms with van der Waals surface area (Å²) in [6, 6.07) is 3.00. The van der Waals surface area contributed by atoms with Crippen LogP contribution in [-0.2, 0) is 14.8 Å². The number of hydrogen-bond acceptors (Lipinski definition) is 3. The number of halogens is 2. The molecule has 0 unspecified atom stereocenters. The van der Waals surface area contributed by atoms with Gasteiger partial charge in [0.25, 0.3) is 0 Å². The van der Waals surface area contributed by atoms with Crippen LogP contribution in [0.1, 0.15) is 19.8 Å². The molecule has 0 aliphatic carbocycles. The second kappa shape index (κ2) is 6.70. The lowest BCUT2D eigenvalue weighted by Gasteiger charge is -2.21. The van der Waals surface area contributed by atoms with Crippen LogP contribution in [0.25, 0.3) is 0 Å². The molecule has 122 valence electrons. The highest BCUT2D eigenvalue weighted by Gasteiger charge is 2.24. The van der Waals surface area contributed by atoms with Gasteiger partial charge in [0.2, 0.25) is 15.9 Å².